The van der Waals surface area contributed by atoms with Crippen molar-refractivity contribution in [3.63, 3.8) is 0 Å². The van der Waals surface area contributed by atoms with Crippen LogP contribution >= 0.6 is 39.1 Å². The summed E-state index contributed by atoms with van der Waals surface area (Å²) in [4.78, 5) is 4.27. The number of hydrogen-bond donors (Lipinski definition) is 0. The molecule has 0 amide bonds. The van der Waals surface area contributed by atoms with Gasteiger partial charge in [0.05, 0.1) is 32.1 Å². The summed E-state index contributed by atoms with van der Waals surface area (Å²) in [5.74, 6) is -0.325. The fourth-order valence-corrected chi connectivity index (χ4v) is 2.85. The second kappa shape index (κ2) is 5.55. The maximum Gasteiger partial charge on any atom is 0.139 e. The van der Waals surface area contributed by atoms with Gasteiger partial charge >= 0.3 is 0 Å². The molecule has 1 aromatic heterocycles. The van der Waals surface area contributed by atoms with Crippen molar-refractivity contribution in [1.82, 2.24) is 9.55 Å². The molecule has 0 N–H and O–H groups in total. The van der Waals surface area contributed by atoms with Crippen molar-refractivity contribution < 1.29 is 8.78 Å². The smallest absolute Gasteiger partial charge is 0.139 e. The summed E-state index contributed by atoms with van der Waals surface area (Å²) < 4.78 is 29.1. The Labute approximate surface area is 137 Å². The molecular formula is C14H7BrCl2F2N2. The number of halogens is 5. The summed E-state index contributed by atoms with van der Waals surface area (Å²) in [5, 5.41) is 0.350. The Kier molecular flexibility index (Phi) is 3.90. The minimum absolute atomic E-state index is 0.0841. The SMILES string of the molecule is Fc1ccc(Cl)c(-n2c(CCl)nc3cc(F)c(Br)cc32)c1. The first kappa shape index (κ1) is 14.8. The molecule has 0 unspecified atom stereocenters. The molecule has 2 aromatic carbocycles. The van der Waals surface area contributed by atoms with E-state index >= 15 is 0 Å². The minimum atomic E-state index is -0.432. The third-order valence-electron chi connectivity index (χ3n) is 3.03. The Hall–Kier alpha value is -1.17. The molecule has 0 radical (unpaired) electrons. The lowest BCUT2D eigenvalue weighted by Gasteiger charge is -2.10. The summed E-state index contributed by atoms with van der Waals surface area (Å²) in [6.07, 6.45) is 0. The van der Waals surface area contributed by atoms with E-state index in [1.807, 2.05) is 0 Å². The number of hydrogen-bond acceptors (Lipinski definition) is 1. The van der Waals surface area contributed by atoms with E-state index in [4.69, 9.17) is 23.2 Å². The van der Waals surface area contributed by atoms with E-state index in [1.165, 1.54) is 24.3 Å². The zero-order valence-electron chi connectivity index (χ0n) is 10.4. The van der Waals surface area contributed by atoms with Gasteiger partial charge in [0.25, 0.3) is 0 Å². The molecule has 21 heavy (non-hydrogen) atoms. The highest BCUT2D eigenvalue weighted by Crippen LogP contribution is 2.31. The maximum atomic E-state index is 13.6. The molecular weight excluding hydrogens is 385 g/mol. The topological polar surface area (TPSA) is 17.8 Å². The molecule has 0 bridgehead atoms. The summed E-state index contributed by atoms with van der Waals surface area (Å²) >= 11 is 15.2. The molecule has 0 fully saturated rings. The van der Waals surface area contributed by atoms with Gasteiger partial charge in [-0.15, -0.1) is 11.6 Å². The molecule has 0 saturated heterocycles. The molecule has 108 valence electrons. The lowest BCUT2D eigenvalue weighted by Crippen LogP contribution is -2.01. The van der Waals surface area contributed by atoms with Crippen LogP contribution in [0.15, 0.2) is 34.8 Å². The Balaban J connectivity index is 2.40. The third kappa shape index (κ3) is 2.54. The van der Waals surface area contributed by atoms with E-state index in [2.05, 4.69) is 20.9 Å². The van der Waals surface area contributed by atoms with E-state index in [1.54, 1.807) is 10.6 Å². The van der Waals surface area contributed by atoms with Crippen molar-refractivity contribution in [3.05, 3.63) is 57.3 Å². The highest BCUT2D eigenvalue weighted by atomic mass is 79.9. The highest BCUT2D eigenvalue weighted by Gasteiger charge is 2.16. The molecule has 7 heteroatoms. The number of fused-ring (bicyclic) bond motifs is 1. The summed E-state index contributed by atoms with van der Waals surface area (Å²) in [5.41, 5.74) is 1.42. The average molecular weight is 392 g/mol. The number of imidazole rings is 1. The Morgan fingerprint density at radius 1 is 1.19 bits per heavy atom. The number of nitrogens with zero attached hydrogens (tertiary/aromatic N) is 2. The van der Waals surface area contributed by atoms with Crippen molar-refractivity contribution >= 4 is 50.2 Å². The van der Waals surface area contributed by atoms with E-state index in [-0.39, 0.29) is 10.4 Å². The first-order valence-corrected chi connectivity index (χ1v) is 7.59. The van der Waals surface area contributed by atoms with Crippen molar-refractivity contribution in [2.75, 3.05) is 0 Å². The summed E-state index contributed by atoms with van der Waals surface area (Å²) in [6.45, 7) is 0. The van der Waals surface area contributed by atoms with Gasteiger partial charge in [0.1, 0.15) is 17.5 Å². The van der Waals surface area contributed by atoms with Gasteiger partial charge in [-0.25, -0.2) is 13.8 Å². The van der Waals surface area contributed by atoms with Crippen molar-refractivity contribution in [2.24, 2.45) is 0 Å². The largest absolute Gasteiger partial charge is 0.294 e. The van der Waals surface area contributed by atoms with Crippen LogP contribution in [0.2, 0.25) is 5.02 Å². The molecule has 0 aliphatic heterocycles. The van der Waals surface area contributed by atoms with Crippen LogP contribution in [0.4, 0.5) is 8.78 Å². The first-order chi connectivity index (χ1) is 10.0. The van der Waals surface area contributed by atoms with Crippen LogP contribution in [0.3, 0.4) is 0 Å². The number of alkyl halides is 1. The fourth-order valence-electron chi connectivity index (χ4n) is 2.14. The molecule has 0 aliphatic carbocycles. The van der Waals surface area contributed by atoms with Crippen LogP contribution in [0.1, 0.15) is 5.82 Å². The predicted molar refractivity (Wildman–Crippen MR) is 83.3 cm³/mol. The van der Waals surface area contributed by atoms with Crippen LogP contribution < -0.4 is 0 Å². The summed E-state index contributed by atoms with van der Waals surface area (Å²) in [7, 11) is 0. The zero-order chi connectivity index (χ0) is 15.1. The molecule has 0 aliphatic rings. The van der Waals surface area contributed by atoms with Crippen LogP contribution in [-0.4, -0.2) is 9.55 Å². The third-order valence-corrected chi connectivity index (χ3v) is 4.20. The van der Waals surface area contributed by atoms with Crippen molar-refractivity contribution in [2.45, 2.75) is 5.88 Å². The van der Waals surface area contributed by atoms with E-state index in [9.17, 15) is 8.78 Å². The van der Waals surface area contributed by atoms with Crippen molar-refractivity contribution in [3.8, 4) is 5.69 Å². The maximum absolute atomic E-state index is 13.6. The van der Waals surface area contributed by atoms with Crippen LogP contribution in [0.5, 0.6) is 0 Å². The standard InChI is InChI=1S/C14H7BrCl2F2N2/c15-8-4-13-11(5-10(8)19)20-14(6-16)21(13)12-3-7(18)1-2-9(12)17/h1-5H,6H2. The van der Waals surface area contributed by atoms with E-state index < -0.39 is 11.6 Å². The molecule has 3 aromatic rings. The van der Waals surface area contributed by atoms with Crippen LogP contribution in [-0.2, 0) is 5.88 Å². The number of rotatable bonds is 2. The number of benzene rings is 2. The van der Waals surface area contributed by atoms with E-state index in [0.29, 0.717) is 27.6 Å². The summed E-state index contributed by atoms with van der Waals surface area (Å²) in [6, 6.07) is 6.86. The van der Waals surface area contributed by atoms with Gasteiger partial charge in [0.2, 0.25) is 0 Å². The second-order valence-electron chi connectivity index (χ2n) is 4.35. The molecule has 0 atom stereocenters. The molecule has 0 saturated carbocycles. The molecule has 2 nitrogen and oxygen atoms in total. The molecule has 3 rings (SSSR count). The zero-order valence-corrected chi connectivity index (χ0v) is 13.5. The van der Waals surface area contributed by atoms with Crippen molar-refractivity contribution in [1.29, 1.82) is 0 Å². The Morgan fingerprint density at radius 2 is 1.95 bits per heavy atom. The van der Waals surface area contributed by atoms with Crippen LogP contribution in [0.25, 0.3) is 16.7 Å². The first-order valence-electron chi connectivity index (χ1n) is 5.89. The Bertz CT molecular complexity index is 849. The fraction of sp³-hybridized carbons (Fsp3) is 0.0714. The van der Waals surface area contributed by atoms with Gasteiger partial charge in [-0.1, -0.05) is 11.6 Å². The second-order valence-corrected chi connectivity index (χ2v) is 5.88. The predicted octanol–water partition coefficient (Wildman–Crippen LogP) is 5.46. The molecule has 1 heterocycles. The quantitative estimate of drug-likeness (QED) is 0.530. The minimum Gasteiger partial charge on any atom is -0.294 e. The highest BCUT2D eigenvalue weighted by molar-refractivity contribution is 9.10. The normalized spacial score (nSPS) is 11.3. The van der Waals surface area contributed by atoms with Gasteiger partial charge in [0, 0.05) is 6.07 Å². The average Bonchev–Trinajstić information content (AvgIpc) is 2.79. The Morgan fingerprint density at radius 3 is 2.67 bits per heavy atom. The number of aromatic nitrogens is 2. The van der Waals surface area contributed by atoms with Crippen LogP contribution in [0, 0.1) is 11.6 Å². The van der Waals surface area contributed by atoms with Gasteiger partial charge in [0.15, 0.2) is 0 Å². The monoisotopic (exact) mass is 390 g/mol. The lowest BCUT2D eigenvalue weighted by molar-refractivity contribution is 0.622. The van der Waals surface area contributed by atoms with Gasteiger partial charge in [-0.3, -0.25) is 4.57 Å². The lowest BCUT2D eigenvalue weighted by atomic mass is 10.2. The van der Waals surface area contributed by atoms with Gasteiger partial charge < -0.3 is 0 Å². The van der Waals surface area contributed by atoms with Gasteiger partial charge in [-0.2, -0.15) is 0 Å². The van der Waals surface area contributed by atoms with E-state index in [0.717, 1.165) is 0 Å². The van der Waals surface area contributed by atoms with Gasteiger partial charge in [-0.05, 0) is 40.2 Å². The molecule has 0 spiro atoms.